The van der Waals surface area contributed by atoms with Crippen molar-refractivity contribution < 1.29 is 9.16 Å². The number of hydrogen-bond acceptors (Lipinski definition) is 4. The van der Waals surface area contributed by atoms with Crippen molar-refractivity contribution in [3.63, 3.8) is 0 Å². The van der Waals surface area contributed by atoms with E-state index in [4.69, 9.17) is 18.1 Å². The van der Waals surface area contributed by atoms with Gasteiger partial charge in [0.15, 0.2) is 0 Å². The Balaban J connectivity index is 1.63. The molecule has 4 aromatic carbocycles. The molecule has 44 heavy (non-hydrogen) atoms. The van der Waals surface area contributed by atoms with Crippen LogP contribution in [0, 0.1) is 27.7 Å². The van der Waals surface area contributed by atoms with Gasteiger partial charge in [0.2, 0.25) is 0 Å². The molecule has 0 bridgehead atoms. The van der Waals surface area contributed by atoms with Crippen molar-refractivity contribution >= 4 is 42.5 Å². The van der Waals surface area contributed by atoms with Gasteiger partial charge in [-0.05, 0) is 0 Å². The van der Waals surface area contributed by atoms with Gasteiger partial charge in [-0.1, -0.05) is 0 Å². The van der Waals surface area contributed by atoms with E-state index in [-0.39, 0.29) is 17.2 Å². The number of ether oxygens (including phenoxy) is 1. The summed E-state index contributed by atoms with van der Waals surface area (Å²) in [7, 11) is -1.98. The molecule has 0 saturated heterocycles. The molecule has 0 spiro atoms. The van der Waals surface area contributed by atoms with E-state index in [2.05, 4.69) is 146 Å². The van der Waals surface area contributed by atoms with Crippen LogP contribution in [0.4, 0.5) is 5.69 Å². The van der Waals surface area contributed by atoms with Gasteiger partial charge in [0.25, 0.3) is 0 Å². The van der Waals surface area contributed by atoms with Crippen molar-refractivity contribution in [1.82, 2.24) is 0 Å². The van der Waals surface area contributed by atoms with Gasteiger partial charge in [0.05, 0.1) is 0 Å². The fourth-order valence-corrected chi connectivity index (χ4v) is 10.7. The molecule has 230 valence electrons. The zero-order valence-electron chi connectivity index (χ0n) is 27.6. The molecule has 0 N–H and O–H groups in total. The second-order valence-electron chi connectivity index (χ2n) is 13.5. The van der Waals surface area contributed by atoms with Gasteiger partial charge in [-0.2, -0.15) is 0 Å². The van der Waals surface area contributed by atoms with E-state index in [0.717, 1.165) is 16.8 Å². The molecule has 4 nitrogen and oxygen atoms in total. The molecule has 1 aliphatic heterocycles. The molecule has 1 aliphatic rings. The first kappa shape index (κ1) is 32.2. The number of nitrogens with zero attached hydrogens (tertiary/aromatic N) is 2. The third-order valence-electron chi connectivity index (χ3n) is 8.77. The number of aliphatic imine (C=N–C) groups is 1. The van der Waals surface area contributed by atoms with Crippen LogP contribution in [0.15, 0.2) is 100.0 Å². The van der Waals surface area contributed by atoms with Crippen LogP contribution >= 0.6 is 0 Å². The number of hydrogen-bond donors (Lipinski definition) is 0. The predicted octanol–water partition coefficient (Wildman–Crippen LogP) is 8.53. The fourth-order valence-electron chi connectivity index (χ4n) is 5.35. The van der Waals surface area contributed by atoms with Crippen molar-refractivity contribution in [2.75, 3.05) is 6.61 Å². The van der Waals surface area contributed by atoms with E-state index in [1.807, 2.05) is 6.07 Å². The molecule has 0 aliphatic carbocycles. The molecule has 0 radical (unpaired) electrons. The molecule has 1 heterocycles. The number of benzene rings is 4. The van der Waals surface area contributed by atoms with E-state index in [9.17, 15) is 0 Å². The van der Waals surface area contributed by atoms with Gasteiger partial charge in [-0.25, -0.2) is 0 Å². The summed E-state index contributed by atoms with van der Waals surface area (Å²) >= 11 is -1.94. The Labute approximate surface area is 269 Å². The summed E-state index contributed by atoms with van der Waals surface area (Å²) < 4.78 is 21.6. The van der Waals surface area contributed by atoms with Crippen molar-refractivity contribution in [3.8, 4) is 0 Å². The normalized spacial score (nSPS) is 17.8. The van der Waals surface area contributed by atoms with E-state index in [1.165, 1.54) is 31.2 Å². The van der Waals surface area contributed by atoms with E-state index < -0.39 is 22.0 Å². The van der Waals surface area contributed by atoms with Crippen molar-refractivity contribution in [1.29, 1.82) is 0 Å². The minimum atomic E-state index is -1.98. The van der Waals surface area contributed by atoms with Crippen LogP contribution < -0.4 is 8.92 Å². The van der Waals surface area contributed by atoms with Crippen LogP contribution in [-0.4, -0.2) is 40.6 Å². The molecule has 4 aromatic rings. The Kier molecular flexibility index (Phi) is 9.57. The second kappa shape index (κ2) is 13.1. The standard InChI is InChI=1S/C38H46N2O2SeSi/c1-26-19-21-31(22-20-26)40-43(36-28(3)23-27(2)24-29(36)4)34-18-14-13-17-32(34)37-39-33(25-41-44(8,9)38(5,6)7)35(42-37)30-15-11-10-12-16-30/h10-24,33,35H,25H2,1-9H3/t33-,35-,43?/m0/s1. The summed E-state index contributed by atoms with van der Waals surface area (Å²) in [5.41, 5.74) is 8.24. The Bertz CT molecular complexity index is 1670. The van der Waals surface area contributed by atoms with Gasteiger partial charge >= 0.3 is 270 Å². The molecule has 0 saturated carbocycles. The molecule has 0 amide bonds. The molecule has 0 fully saturated rings. The minimum absolute atomic E-state index is 0.118. The first-order valence-electron chi connectivity index (χ1n) is 15.5. The van der Waals surface area contributed by atoms with Gasteiger partial charge in [0.1, 0.15) is 0 Å². The fraction of sp³-hybridized carbons (Fsp3) is 0.342. The molecular formula is C38H46N2O2SeSi. The van der Waals surface area contributed by atoms with Gasteiger partial charge in [-0.3, -0.25) is 0 Å². The van der Waals surface area contributed by atoms with Crippen molar-refractivity contribution in [2.24, 2.45) is 8.95 Å². The van der Waals surface area contributed by atoms with Crippen LogP contribution in [0.1, 0.15) is 60.3 Å². The third-order valence-corrected chi connectivity index (χ3v) is 17.9. The molecule has 3 atom stereocenters. The summed E-state index contributed by atoms with van der Waals surface area (Å²) in [5, 5.41) is 0.118. The molecule has 6 heteroatoms. The Morgan fingerprint density at radius 1 is 0.818 bits per heavy atom. The zero-order chi connectivity index (χ0) is 31.6. The Morgan fingerprint density at radius 3 is 2.07 bits per heavy atom. The quantitative estimate of drug-likeness (QED) is 0.177. The summed E-state index contributed by atoms with van der Waals surface area (Å²) in [4.78, 5) is 5.29. The number of aryl methyl sites for hydroxylation is 4. The topological polar surface area (TPSA) is 43.2 Å². The molecule has 0 aromatic heterocycles. The summed E-state index contributed by atoms with van der Waals surface area (Å²) in [5.74, 6) is 0.688. The molecule has 1 unspecified atom stereocenters. The average molecular weight is 670 g/mol. The van der Waals surface area contributed by atoms with Gasteiger partial charge in [-0.15, -0.1) is 0 Å². The predicted molar refractivity (Wildman–Crippen MR) is 189 cm³/mol. The van der Waals surface area contributed by atoms with Crippen molar-refractivity contribution in [2.45, 2.75) is 78.7 Å². The summed E-state index contributed by atoms with van der Waals surface area (Å²) in [6.07, 6.45) is -0.209. The monoisotopic (exact) mass is 670 g/mol. The van der Waals surface area contributed by atoms with E-state index >= 15 is 0 Å². The average Bonchev–Trinajstić information content (AvgIpc) is 3.40. The Morgan fingerprint density at radius 2 is 1.43 bits per heavy atom. The third kappa shape index (κ3) is 7.05. The maximum atomic E-state index is 6.83. The summed E-state index contributed by atoms with van der Waals surface area (Å²) in [6, 6.07) is 32.1. The van der Waals surface area contributed by atoms with Crippen LogP contribution in [0.25, 0.3) is 0 Å². The molecular weight excluding hydrogens is 623 g/mol. The van der Waals surface area contributed by atoms with Crippen LogP contribution in [-0.2, 0) is 9.16 Å². The van der Waals surface area contributed by atoms with E-state index in [1.54, 1.807) is 0 Å². The van der Waals surface area contributed by atoms with Crippen LogP contribution in [0.3, 0.4) is 0 Å². The summed E-state index contributed by atoms with van der Waals surface area (Å²) in [6.45, 7) is 20.7. The zero-order valence-corrected chi connectivity index (χ0v) is 30.4. The van der Waals surface area contributed by atoms with Crippen molar-refractivity contribution in [3.05, 3.63) is 124 Å². The van der Waals surface area contributed by atoms with Gasteiger partial charge < -0.3 is 0 Å². The molecule has 5 rings (SSSR count). The van der Waals surface area contributed by atoms with Crippen LogP contribution in [0.5, 0.6) is 0 Å². The number of rotatable bonds is 8. The Hall–Kier alpha value is -3.15. The second-order valence-corrected chi connectivity index (χ2v) is 21.6. The first-order valence-corrected chi connectivity index (χ1v) is 20.9. The SMILES string of the molecule is Cc1ccc(N=[Se](c2ccccc2C2=N[C@@H](CO[Si](C)(C)C(C)(C)C)[C@H](c3ccccc3)O2)c2c(C)cc(C)cc2C)cc1. The maximum absolute atomic E-state index is 6.83. The van der Waals surface area contributed by atoms with E-state index in [0.29, 0.717) is 12.5 Å². The first-order chi connectivity index (χ1) is 20.8. The van der Waals surface area contributed by atoms with Gasteiger partial charge in [0, 0.05) is 0 Å². The van der Waals surface area contributed by atoms with Crippen LogP contribution in [0.2, 0.25) is 18.1 Å².